The number of rotatable bonds is 3. The number of carbonyl (C=O) groups excluding carboxylic acids is 1. The van der Waals surface area contributed by atoms with Gasteiger partial charge < -0.3 is 15.3 Å². The van der Waals surface area contributed by atoms with Crippen LogP contribution in [0.2, 0.25) is 0 Å². The van der Waals surface area contributed by atoms with Gasteiger partial charge in [0.2, 0.25) is 5.91 Å². The number of aromatic nitrogens is 2. The van der Waals surface area contributed by atoms with E-state index in [-0.39, 0.29) is 18.0 Å². The van der Waals surface area contributed by atoms with Crippen LogP contribution in [0.5, 0.6) is 0 Å². The number of piperazine rings is 1. The second-order valence-corrected chi connectivity index (χ2v) is 3.97. The molecule has 0 saturated carbocycles. The molecule has 0 aliphatic carbocycles. The standard InChI is InChI=1S/C11H11N5O3/c12-4-7-5-15-9(6-14-7)16-2-1-13-11(19)8(16)3-10(17)18/h5-6,8H,1-3H2,(H,13,19)(H,17,18). The van der Waals surface area contributed by atoms with Gasteiger partial charge in [0.15, 0.2) is 5.69 Å². The molecule has 0 aromatic carbocycles. The summed E-state index contributed by atoms with van der Waals surface area (Å²) in [6.07, 6.45) is 2.35. The highest BCUT2D eigenvalue weighted by Crippen LogP contribution is 2.17. The number of amides is 1. The number of carbonyl (C=O) groups is 2. The number of anilines is 1. The van der Waals surface area contributed by atoms with Crippen LogP contribution < -0.4 is 10.2 Å². The maximum atomic E-state index is 11.7. The van der Waals surface area contributed by atoms with Crippen molar-refractivity contribution in [2.75, 3.05) is 18.0 Å². The zero-order valence-corrected chi connectivity index (χ0v) is 9.91. The number of hydrogen-bond acceptors (Lipinski definition) is 6. The van der Waals surface area contributed by atoms with Crippen LogP contribution in [0.25, 0.3) is 0 Å². The van der Waals surface area contributed by atoms with E-state index in [2.05, 4.69) is 15.3 Å². The van der Waals surface area contributed by atoms with E-state index in [9.17, 15) is 9.59 Å². The molecule has 0 spiro atoms. The van der Waals surface area contributed by atoms with E-state index < -0.39 is 12.0 Å². The SMILES string of the molecule is N#Cc1cnc(N2CCNC(=O)C2CC(=O)O)cn1. The van der Waals surface area contributed by atoms with Crippen molar-refractivity contribution in [3.05, 3.63) is 18.1 Å². The molecule has 8 nitrogen and oxygen atoms in total. The molecule has 1 aliphatic rings. The first-order valence-electron chi connectivity index (χ1n) is 5.60. The van der Waals surface area contributed by atoms with E-state index in [4.69, 9.17) is 10.4 Å². The number of nitriles is 1. The minimum atomic E-state index is -1.06. The molecule has 0 radical (unpaired) electrons. The third-order valence-electron chi connectivity index (χ3n) is 2.75. The molecule has 98 valence electrons. The minimum absolute atomic E-state index is 0.167. The quantitative estimate of drug-likeness (QED) is 0.725. The molecular weight excluding hydrogens is 250 g/mol. The Kier molecular flexibility index (Phi) is 3.56. The smallest absolute Gasteiger partial charge is 0.305 e. The number of hydrogen-bond donors (Lipinski definition) is 2. The molecule has 2 heterocycles. The largest absolute Gasteiger partial charge is 0.481 e. The predicted molar refractivity (Wildman–Crippen MR) is 63.1 cm³/mol. The predicted octanol–water partition coefficient (Wildman–Crippen LogP) is -0.872. The van der Waals surface area contributed by atoms with Gasteiger partial charge in [-0.2, -0.15) is 5.26 Å². The molecule has 2 N–H and O–H groups in total. The van der Waals surface area contributed by atoms with Crippen molar-refractivity contribution in [2.24, 2.45) is 0 Å². The summed E-state index contributed by atoms with van der Waals surface area (Å²) in [6.45, 7) is 0.862. The maximum absolute atomic E-state index is 11.7. The molecule has 1 aromatic heterocycles. The molecule has 2 rings (SSSR count). The van der Waals surface area contributed by atoms with Crippen LogP contribution in [0.15, 0.2) is 12.4 Å². The molecule has 1 unspecified atom stereocenters. The molecule has 1 fully saturated rings. The molecule has 0 bridgehead atoms. The monoisotopic (exact) mass is 261 g/mol. The summed E-state index contributed by atoms with van der Waals surface area (Å²) in [7, 11) is 0. The first-order valence-corrected chi connectivity index (χ1v) is 5.60. The van der Waals surface area contributed by atoms with Crippen LogP contribution in [0.1, 0.15) is 12.1 Å². The lowest BCUT2D eigenvalue weighted by atomic mass is 10.1. The number of carboxylic acids is 1. The Bertz CT molecular complexity index is 536. The van der Waals surface area contributed by atoms with Crippen LogP contribution in [0, 0.1) is 11.3 Å². The third kappa shape index (κ3) is 2.77. The fraction of sp³-hybridized carbons (Fsp3) is 0.364. The highest BCUT2D eigenvalue weighted by atomic mass is 16.4. The summed E-state index contributed by atoms with van der Waals surface area (Å²) >= 11 is 0. The summed E-state index contributed by atoms with van der Waals surface area (Å²) in [5.74, 6) is -1.02. The second-order valence-electron chi connectivity index (χ2n) is 3.97. The minimum Gasteiger partial charge on any atom is -0.481 e. The van der Waals surface area contributed by atoms with Crippen LogP contribution in [0.4, 0.5) is 5.82 Å². The van der Waals surface area contributed by atoms with Crippen LogP contribution in [-0.2, 0) is 9.59 Å². The van der Waals surface area contributed by atoms with Crippen LogP contribution in [-0.4, -0.2) is 46.1 Å². The Morgan fingerprint density at radius 1 is 1.58 bits per heavy atom. The van der Waals surface area contributed by atoms with Crippen LogP contribution in [0.3, 0.4) is 0 Å². The molecule has 1 saturated heterocycles. The lowest BCUT2D eigenvalue weighted by Crippen LogP contribution is -2.56. The fourth-order valence-electron chi connectivity index (χ4n) is 1.88. The van der Waals surface area contributed by atoms with Crippen molar-refractivity contribution < 1.29 is 14.7 Å². The summed E-state index contributed by atoms with van der Waals surface area (Å²) in [5.41, 5.74) is 0.167. The normalized spacial score (nSPS) is 18.6. The number of carboxylic acid groups (broad SMARTS) is 1. The Morgan fingerprint density at radius 3 is 2.95 bits per heavy atom. The van der Waals surface area contributed by atoms with Crippen molar-refractivity contribution in [1.29, 1.82) is 5.26 Å². The van der Waals surface area contributed by atoms with Gasteiger partial charge in [0.1, 0.15) is 17.9 Å². The zero-order valence-electron chi connectivity index (χ0n) is 9.91. The van der Waals surface area contributed by atoms with E-state index >= 15 is 0 Å². The average molecular weight is 261 g/mol. The third-order valence-corrected chi connectivity index (χ3v) is 2.75. The van der Waals surface area contributed by atoms with Crippen molar-refractivity contribution >= 4 is 17.7 Å². The molecular formula is C11H11N5O3. The van der Waals surface area contributed by atoms with E-state index in [1.807, 2.05) is 6.07 Å². The summed E-state index contributed by atoms with van der Waals surface area (Å²) < 4.78 is 0. The summed E-state index contributed by atoms with van der Waals surface area (Å²) in [5, 5.41) is 20.1. The Morgan fingerprint density at radius 2 is 2.37 bits per heavy atom. The molecule has 1 aromatic rings. The van der Waals surface area contributed by atoms with Gasteiger partial charge in [-0.05, 0) is 0 Å². The summed E-state index contributed by atoms with van der Waals surface area (Å²) in [4.78, 5) is 32.0. The van der Waals surface area contributed by atoms with Crippen molar-refractivity contribution in [2.45, 2.75) is 12.5 Å². The highest BCUT2D eigenvalue weighted by Gasteiger charge is 2.32. The van der Waals surface area contributed by atoms with Gasteiger partial charge in [-0.3, -0.25) is 9.59 Å². The first-order chi connectivity index (χ1) is 9.11. The van der Waals surface area contributed by atoms with Gasteiger partial charge in [0.05, 0.1) is 18.8 Å². The zero-order chi connectivity index (χ0) is 13.8. The molecule has 8 heteroatoms. The van der Waals surface area contributed by atoms with Crippen molar-refractivity contribution in [3.63, 3.8) is 0 Å². The number of nitrogens with one attached hydrogen (secondary N) is 1. The van der Waals surface area contributed by atoms with E-state index in [1.54, 1.807) is 4.90 Å². The number of aliphatic carboxylic acids is 1. The lowest BCUT2D eigenvalue weighted by molar-refractivity contribution is -0.139. The topological polar surface area (TPSA) is 119 Å². The van der Waals surface area contributed by atoms with Gasteiger partial charge in [0.25, 0.3) is 0 Å². The molecule has 19 heavy (non-hydrogen) atoms. The van der Waals surface area contributed by atoms with Gasteiger partial charge in [0, 0.05) is 13.1 Å². The van der Waals surface area contributed by atoms with Gasteiger partial charge in [-0.15, -0.1) is 0 Å². The van der Waals surface area contributed by atoms with E-state index in [1.165, 1.54) is 12.4 Å². The van der Waals surface area contributed by atoms with E-state index in [0.717, 1.165) is 0 Å². The van der Waals surface area contributed by atoms with E-state index in [0.29, 0.717) is 18.9 Å². The fourth-order valence-corrected chi connectivity index (χ4v) is 1.88. The van der Waals surface area contributed by atoms with Crippen LogP contribution >= 0.6 is 0 Å². The second kappa shape index (κ2) is 5.30. The average Bonchev–Trinajstić information content (AvgIpc) is 2.41. The van der Waals surface area contributed by atoms with Gasteiger partial charge in [-0.25, -0.2) is 9.97 Å². The first kappa shape index (κ1) is 12.8. The molecule has 1 amide bonds. The Balaban J connectivity index is 2.25. The Hall–Kier alpha value is -2.69. The molecule has 1 aliphatic heterocycles. The lowest BCUT2D eigenvalue weighted by Gasteiger charge is -2.34. The Labute approximate surface area is 108 Å². The van der Waals surface area contributed by atoms with Gasteiger partial charge in [-0.1, -0.05) is 0 Å². The van der Waals surface area contributed by atoms with Gasteiger partial charge >= 0.3 is 5.97 Å². The maximum Gasteiger partial charge on any atom is 0.305 e. The van der Waals surface area contributed by atoms with Crippen molar-refractivity contribution in [1.82, 2.24) is 15.3 Å². The number of nitrogens with zero attached hydrogens (tertiary/aromatic N) is 4. The van der Waals surface area contributed by atoms with Crippen molar-refractivity contribution in [3.8, 4) is 6.07 Å². The highest BCUT2D eigenvalue weighted by molar-refractivity contribution is 5.90. The molecule has 1 atom stereocenters. The summed E-state index contributed by atoms with van der Waals surface area (Å²) in [6, 6.07) is 1.03.